The first-order valence-electron chi connectivity index (χ1n) is 7.35. The summed E-state index contributed by atoms with van der Waals surface area (Å²) in [6, 6.07) is 7.47. The maximum absolute atomic E-state index is 12.1. The quantitative estimate of drug-likeness (QED) is 0.877. The minimum atomic E-state index is -0.284. The molecule has 0 saturated carbocycles. The van der Waals surface area contributed by atoms with Crippen LogP contribution in [0.5, 0.6) is 0 Å². The van der Waals surface area contributed by atoms with E-state index in [1.807, 2.05) is 45.0 Å². The molecule has 21 heavy (non-hydrogen) atoms. The Labute approximate surface area is 126 Å². The Hall–Kier alpha value is -1.59. The summed E-state index contributed by atoms with van der Waals surface area (Å²) in [5.41, 5.74) is 1.46. The van der Waals surface area contributed by atoms with Gasteiger partial charge in [0.15, 0.2) is 0 Å². The number of carbonyl (C=O) groups excluding carboxylic acids is 1. The van der Waals surface area contributed by atoms with E-state index in [2.05, 4.69) is 10.6 Å². The van der Waals surface area contributed by atoms with Gasteiger partial charge in [0.25, 0.3) is 0 Å². The van der Waals surface area contributed by atoms with Crippen LogP contribution in [0.3, 0.4) is 0 Å². The standard InChI is InChI=1S/C16H24N2O3/c1-12(2)21-10-13-6-4-5-7-14(13)17-15(19)18-16(3)8-9-20-11-16/h4-7,12H,8-11H2,1-3H3,(H2,17,18,19)/t16-/m1/s1. The van der Waals surface area contributed by atoms with Crippen LogP contribution in [0.15, 0.2) is 24.3 Å². The number of anilines is 1. The van der Waals surface area contributed by atoms with Crippen molar-refractivity contribution in [3.8, 4) is 0 Å². The third kappa shape index (κ3) is 4.72. The van der Waals surface area contributed by atoms with Crippen LogP contribution >= 0.6 is 0 Å². The van der Waals surface area contributed by atoms with E-state index in [1.165, 1.54) is 0 Å². The highest BCUT2D eigenvalue weighted by Gasteiger charge is 2.31. The third-order valence-corrected chi connectivity index (χ3v) is 3.47. The van der Waals surface area contributed by atoms with E-state index in [1.54, 1.807) is 0 Å². The average molecular weight is 292 g/mol. The number of para-hydroxylation sites is 1. The second-order valence-corrected chi connectivity index (χ2v) is 5.96. The van der Waals surface area contributed by atoms with Crippen LogP contribution in [0.2, 0.25) is 0 Å². The highest BCUT2D eigenvalue weighted by Crippen LogP contribution is 2.19. The Kier molecular flexibility index (Phi) is 5.20. The maximum atomic E-state index is 12.1. The molecule has 0 unspecified atom stereocenters. The molecular formula is C16H24N2O3. The molecule has 0 bridgehead atoms. The zero-order valence-corrected chi connectivity index (χ0v) is 12.9. The topological polar surface area (TPSA) is 59.6 Å². The van der Waals surface area contributed by atoms with Gasteiger partial charge in [-0.1, -0.05) is 18.2 Å². The molecule has 0 spiro atoms. The van der Waals surface area contributed by atoms with Crippen LogP contribution in [-0.2, 0) is 16.1 Å². The molecule has 1 aromatic rings. The predicted octanol–water partition coefficient (Wildman–Crippen LogP) is 2.91. The van der Waals surface area contributed by atoms with Gasteiger partial charge in [-0.05, 0) is 33.3 Å². The SMILES string of the molecule is CC(C)OCc1ccccc1NC(=O)N[C@]1(C)CCOC1. The smallest absolute Gasteiger partial charge is 0.319 e. The van der Waals surface area contributed by atoms with Crippen LogP contribution in [0.4, 0.5) is 10.5 Å². The molecule has 1 aromatic carbocycles. The summed E-state index contributed by atoms with van der Waals surface area (Å²) in [5, 5.41) is 5.88. The first kappa shape index (κ1) is 15.8. The van der Waals surface area contributed by atoms with Crippen molar-refractivity contribution in [3.63, 3.8) is 0 Å². The van der Waals surface area contributed by atoms with Crippen LogP contribution in [0, 0.1) is 0 Å². The number of carbonyl (C=O) groups is 1. The van der Waals surface area contributed by atoms with Gasteiger partial charge in [0, 0.05) is 17.9 Å². The molecule has 0 aliphatic carbocycles. The number of amides is 2. The first-order chi connectivity index (χ1) is 9.98. The molecule has 1 aliphatic heterocycles. The molecule has 116 valence electrons. The van der Waals surface area contributed by atoms with Crippen molar-refractivity contribution in [3.05, 3.63) is 29.8 Å². The van der Waals surface area contributed by atoms with Gasteiger partial charge >= 0.3 is 6.03 Å². The van der Waals surface area contributed by atoms with Crippen molar-refractivity contribution in [2.75, 3.05) is 18.5 Å². The van der Waals surface area contributed by atoms with Crippen molar-refractivity contribution >= 4 is 11.7 Å². The zero-order chi connectivity index (χ0) is 15.3. The zero-order valence-electron chi connectivity index (χ0n) is 12.9. The number of benzene rings is 1. The Morgan fingerprint density at radius 1 is 1.43 bits per heavy atom. The highest BCUT2D eigenvalue weighted by molar-refractivity contribution is 5.90. The largest absolute Gasteiger partial charge is 0.379 e. The summed E-state index contributed by atoms with van der Waals surface area (Å²) in [6.45, 7) is 7.70. The van der Waals surface area contributed by atoms with Gasteiger partial charge in [0.2, 0.25) is 0 Å². The van der Waals surface area contributed by atoms with Crippen molar-refractivity contribution in [1.82, 2.24) is 5.32 Å². The molecule has 1 heterocycles. The van der Waals surface area contributed by atoms with Gasteiger partial charge < -0.3 is 20.1 Å². The Bertz CT molecular complexity index is 482. The normalized spacial score (nSPS) is 21.5. The van der Waals surface area contributed by atoms with E-state index in [-0.39, 0.29) is 17.7 Å². The molecule has 0 radical (unpaired) electrons. The van der Waals surface area contributed by atoms with Gasteiger partial charge in [-0.15, -0.1) is 0 Å². The Balaban J connectivity index is 1.96. The minimum absolute atomic E-state index is 0.154. The maximum Gasteiger partial charge on any atom is 0.319 e. The van der Waals surface area contributed by atoms with Crippen molar-refractivity contribution in [2.45, 2.75) is 45.4 Å². The van der Waals surface area contributed by atoms with E-state index in [0.717, 1.165) is 17.7 Å². The van der Waals surface area contributed by atoms with Gasteiger partial charge in [-0.3, -0.25) is 0 Å². The highest BCUT2D eigenvalue weighted by atomic mass is 16.5. The number of hydrogen-bond acceptors (Lipinski definition) is 3. The molecule has 1 saturated heterocycles. The summed E-state index contributed by atoms with van der Waals surface area (Å²) in [6.07, 6.45) is 0.986. The molecule has 1 atom stereocenters. The van der Waals surface area contributed by atoms with E-state index in [9.17, 15) is 4.79 Å². The molecule has 2 rings (SSSR count). The monoisotopic (exact) mass is 292 g/mol. The summed E-state index contributed by atoms with van der Waals surface area (Å²) in [4.78, 5) is 12.1. The summed E-state index contributed by atoms with van der Waals surface area (Å²) < 4.78 is 10.9. The summed E-state index contributed by atoms with van der Waals surface area (Å²) in [5.74, 6) is 0. The molecule has 0 aromatic heterocycles. The fraction of sp³-hybridized carbons (Fsp3) is 0.562. The number of rotatable bonds is 5. The molecule has 5 heteroatoms. The summed E-state index contributed by atoms with van der Waals surface area (Å²) in [7, 11) is 0. The average Bonchev–Trinajstić information content (AvgIpc) is 2.83. The molecule has 1 fully saturated rings. The van der Waals surface area contributed by atoms with Crippen molar-refractivity contribution < 1.29 is 14.3 Å². The molecule has 5 nitrogen and oxygen atoms in total. The minimum Gasteiger partial charge on any atom is -0.379 e. The lowest BCUT2D eigenvalue weighted by Crippen LogP contribution is -2.48. The first-order valence-corrected chi connectivity index (χ1v) is 7.35. The number of hydrogen-bond donors (Lipinski definition) is 2. The number of ether oxygens (including phenoxy) is 2. The number of urea groups is 1. The molecule has 2 N–H and O–H groups in total. The fourth-order valence-corrected chi connectivity index (χ4v) is 2.22. The lowest BCUT2D eigenvalue weighted by molar-refractivity contribution is 0.0660. The van der Waals surface area contributed by atoms with Gasteiger partial charge in [0.05, 0.1) is 24.9 Å². The van der Waals surface area contributed by atoms with E-state index in [4.69, 9.17) is 9.47 Å². The second kappa shape index (κ2) is 6.91. The van der Waals surface area contributed by atoms with Gasteiger partial charge in [-0.2, -0.15) is 0 Å². The van der Waals surface area contributed by atoms with Crippen LogP contribution in [0.1, 0.15) is 32.8 Å². The van der Waals surface area contributed by atoms with Crippen LogP contribution in [0.25, 0.3) is 0 Å². The second-order valence-electron chi connectivity index (χ2n) is 5.96. The molecule has 2 amide bonds. The lowest BCUT2D eigenvalue weighted by atomic mass is 10.0. The number of nitrogens with one attached hydrogen (secondary N) is 2. The van der Waals surface area contributed by atoms with Crippen LogP contribution in [-0.4, -0.2) is 30.9 Å². The van der Waals surface area contributed by atoms with E-state index < -0.39 is 0 Å². The lowest BCUT2D eigenvalue weighted by Gasteiger charge is -2.24. The fourth-order valence-electron chi connectivity index (χ4n) is 2.22. The van der Waals surface area contributed by atoms with Crippen molar-refractivity contribution in [2.24, 2.45) is 0 Å². The van der Waals surface area contributed by atoms with Gasteiger partial charge in [0.1, 0.15) is 0 Å². The third-order valence-electron chi connectivity index (χ3n) is 3.47. The summed E-state index contributed by atoms with van der Waals surface area (Å²) >= 11 is 0. The van der Waals surface area contributed by atoms with E-state index >= 15 is 0 Å². The Morgan fingerprint density at radius 2 is 2.19 bits per heavy atom. The van der Waals surface area contributed by atoms with E-state index in [0.29, 0.717) is 19.8 Å². The molecule has 1 aliphatic rings. The predicted molar refractivity (Wildman–Crippen MR) is 82.4 cm³/mol. The van der Waals surface area contributed by atoms with Crippen molar-refractivity contribution in [1.29, 1.82) is 0 Å². The molecular weight excluding hydrogens is 268 g/mol. The Morgan fingerprint density at radius 3 is 2.86 bits per heavy atom. The van der Waals surface area contributed by atoms with Gasteiger partial charge in [-0.25, -0.2) is 4.79 Å². The van der Waals surface area contributed by atoms with Crippen LogP contribution < -0.4 is 10.6 Å².